The number of methoxy groups -OCH3 is 1. The lowest BCUT2D eigenvalue weighted by Crippen LogP contribution is -2.33. The molecule has 0 saturated heterocycles. The Morgan fingerprint density at radius 3 is 1.64 bits per heavy atom. The topological polar surface area (TPSA) is 213 Å². The van der Waals surface area contributed by atoms with Gasteiger partial charge in [0.25, 0.3) is 17.1 Å². The average Bonchev–Trinajstić information content (AvgIpc) is 3.10. The Morgan fingerprint density at radius 2 is 1.12 bits per heavy atom. The van der Waals surface area contributed by atoms with Crippen molar-refractivity contribution in [2.75, 3.05) is 20.2 Å². The molecule has 0 aromatic heterocycles. The van der Waals surface area contributed by atoms with E-state index in [2.05, 4.69) is 0 Å². The fourth-order valence-electron chi connectivity index (χ4n) is 5.05. The van der Waals surface area contributed by atoms with E-state index >= 15 is 0 Å². The third kappa shape index (κ3) is 9.23. The summed E-state index contributed by atoms with van der Waals surface area (Å²) in [5.74, 6) is 0.526. The van der Waals surface area contributed by atoms with Crippen LogP contribution in [0.1, 0.15) is 30.4 Å². The van der Waals surface area contributed by atoms with Gasteiger partial charge in [-0.3, -0.25) is 30.3 Å². The van der Waals surface area contributed by atoms with Gasteiger partial charge in [0.15, 0.2) is 4.90 Å². The van der Waals surface area contributed by atoms with E-state index in [4.69, 9.17) is 4.74 Å². The normalized spacial score (nSPS) is 11.8. The van der Waals surface area contributed by atoms with Crippen molar-refractivity contribution < 1.29 is 36.3 Å². The first kappa shape index (κ1) is 37.5. The molecule has 0 aliphatic rings. The number of rotatable bonds is 18. The van der Waals surface area contributed by atoms with E-state index in [-0.39, 0.29) is 43.2 Å². The molecular weight excluding hydrogens is 695 g/mol. The first-order valence-electron chi connectivity index (χ1n) is 15.1. The van der Waals surface area contributed by atoms with Crippen molar-refractivity contribution in [1.29, 1.82) is 0 Å². The standard InChI is InChI=1S/C32H33N5O11S2/c1-48-29-15-10-26(11-16-29)24-34(50(46,47)32-19-14-28(36(40)41)22-31(32)37(42)43)21-7-3-6-20-33(23-25-8-4-2-5-9-25)49(44,45)30-17-12-27(13-18-30)35(38)39/h2,4-5,8-19,22H,3,6-7,20-21,23-24H2,1H3. The number of non-ortho nitro benzene ring substituents is 2. The zero-order chi connectivity index (χ0) is 36.5. The quantitative estimate of drug-likeness (QED) is 0.0691. The third-order valence-electron chi connectivity index (χ3n) is 7.69. The molecule has 0 heterocycles. The van der Waals surface area contributed by atoms with Gasteiger partial charge in [-0.1, -0.05) is 48.9 Å². The fraction of sp³-hybridized carbons (Fsp3) is 0.250. The third-order valence-corrected chi connectivity index (χ3v) is 11.4. The van der Waals surface area contributed by atoms with E-state index in [1.165, 1.54) is 23.5 Å². The van der Waals surface area contributed by atoms with Gasteiger partial charge in [0.1, 0.15) is 5.75 Å². The van der Waals surface area contributed by atoms with Crippen molar-refractivity contribution in [3.8, 4) is 5.75 Å². The monoisotopic (exact) mass is 727 g/mol. The van der Waals surface area contributed by atoms with Crippen molar-refractivity contribution >= 4 is 37.1 Å². The highest BCUT2D eigenvalue weighted by molar-refractivity contribution is 7.89. The van der Waals surface area contributed by atoms with Gasteiger partial charge >= 0.3 is 0 Å². The van der Waals surface area contributed by atoms with Gasteiger partial charge < -0.3 is 4.74 Å². The summed E-state index contributed by atoms with van der Waals surface area (Å²) in [5.41, 5.74) is -0.582. The van der Waals surface area contributed by atoms with Gasteiger partial charge in [-0.15, -0.1) is 0 Å². The van der Waals surface area contributed by atoms with Crippen LogP contribution in [0.5, 0.6) is 5.75 Å². The second-order valence-corrected chi connectivity index (χ2v) is 14.8. The largest absolute Gasteiger partial charge is 0.497 e. The predicted molar refractivity (Wildman–Crippen MR) is 181 cm³/mol. The maximum atomic E-state index is 13.9. The molecule has 0 N–H and O–H groups in total. The number of sulfonamides is 2. The van der Waals surface area contributed by atoms with E-state index in [1.54, 1.807) is 54.6 Å². The average molecular weight is 728 g/mol. The molecule has 0 radical (unpaired) electrons. The minimum absolute atomic E-state index is 0.0158. The molecule has 50 heavy (non-hydrogen) atoms. The number of nitrogens with zero attached hydrogens (tertiary/aromatic N) is 5. The lowest BCUT2D eigenvalue weighted by Gasteiger charge is -2.24. The lowest BCUT2D eigenvalue weighted by molar-refractivity contribution is -0.396. The molecule has 0 aliphatic heterocycles. The molecule has 0 unspecified atom stereocenters. The smallest absolute Gasteiger partial charge is 0.296 e. The van der Waals surface area contributed by atoms with Crippen molar-refractivity contribution in [3.05, 3.63) is 139 Å². The van der Waals surface area contributed by atoms with Gasteiger partial charge in [-0.25, -0.2) is 16.8 Å². The molecule has 4 aromatic rings. The van der Waals surface area contributed by atoms with Gasteiger partial charge in [-0.2, -0.15) is 8.61 Å². The molecule has 0 atom stereocenters. The maximum absolute atomic E-state index is 13.9. The van der Waals surface area contributed by atoms with Crippen LogP contribution in [0.15, 0.2) is 107 Å². The summed E-state index contributed by atoms with van der Waals surface area (Å²) in [4.78, 5) is 30.8. The minimum Gasteiger partial charge on any atom is -0.497 e. The molecule has 18 heteroatoms. The summed E-state index contributed by atoms with van der Waals surface area (Å²) >= 11 is 0. The first-order valence-corrected chi connectivity index (χ1v) is 18.0. The van der Waals surface area contributed by atoms with E-state index in [1.807, 2.05) is 0 Å². The number of unbranched alkanes of at least 4 members (excludes halogenated alkanes) is 2. The molecule has 0 fully saturated rings. The van der Waals surface area contributed by atoms with Gasteiger partial charge in [0.2, 0.25) is 20.0 Å². The molecule has 0 amide bonds. The van der Waals surface area contributed by atoms with Crippen molar-refractivity contribution in [3.63, 3.8) is 0 Å². The van der Waals surface area contributed by atoms with Crippen LogP contribution in [0.2, 0.25) is 0 Å². The summed E-state index contributed by atoms with van der Waals surface area (Å²) in [6.07, 6.45) is 0.873. The summed E-state index contributed by atoms with van der Waals surface area (Å²) < 4.78 is 62.5. The Kier molecular flexibility index (Phi) is 12.3. The Morgan fingerprint density at radius 1 is 0.600 bits per heavy atom. The molecule has 4 aromatic carbocycles. The van der Waals surface area contributed by atoms with Gasteiger partial charge in [0.05, 0.1) is 32.8 Å². The molecular formula is C32H33N5O11S2. The lowest BCUT2D eigenvalue weighted by atomic mass is 10.2. The predicted octanol–water partition coefficient (Wildman–Crippen LogP) is 5.67. The Balaban J connectivity index is 1.55. The second kappa shape index (κ2) is 16.4. The Labute approximate surface area is 288 Å². The van der Waals surface area contributed by atoms with Crippen LogP contribution in [-0.4, -0.2) is 60.4 Å². The molecule has 264 valence electrons. The molecule has 0 spiro atoms. The van der Waals surface area contributed by atoms with E-state index in [9.17, 15) is 47.2 Å². The number of nitro benzene ring substituents is 3. The summed E-state index contributed by atoms with van der Waals surface area (Å²) in [5, 5.41) is 34.2. The first-order chi connectivity index (χ1) is 23.7. The molecule has 0 bridgehead atoms. The van der Waals surface area contributed by atoms with Crippen molar-refractivity contribution in [2.45, 2.75) is 42.1 Å². The minimum atomic E-state index is -4.56. The van der Waals surface area contributed by atoms with Crippen LogP contribution < -0.4 is 4.74 Å². The highest BCUT2D eigenvalue weighted by Crippen LogP contribution is 2.32. The molecule has 4 rings (SSSR count). The van der Waals surface area contributed by atoms with E-state index < -0.39 is 51.1 Å². The highest BCUT2D eigenvalue weighted by atomic mass is 32.2. The summed E-state index contributed by atoms with van der Waals surface area (Å²) in [6.45, 7) is -0.249. The maximum Gasteiger partial charge on any atom is 0.296 e. The highest BCUT2D eigenvalue weighted by Gasteiger charge is 2.33. The summed E-state index contributed by atoms with van der Waals surface area (Å²) in [7, 11) is -7.18. The Bertz CT molecular complexity index is 2040. The fourth-order valence-corrected chi connectivity index (χ4v) is 8.12. The van der Waals surface area contributed by atoms with E-state index in [0.717, 1.165) is 28.6 Å². The zero-order valence-corrected chi connectivity index (χ0v) is 28.4. The van der Waals surface area contributed by atoms with Crippen LogP contribution >= 0.6 is 0 Å². The molecule has 16 nitrogen and oxygen atoms in total. The van der Waals surface area contributed by atoms with Crippen LogP contribution in [-0.2, 0) is 33.1 Å². The van der Waals surface area contributed by atoms with E-state index in [0.29, 0.717) is 35.8 Å². The van der Waals surface area contributed by atoms with Gasteiger partial charge in [0, 0.05) is 44.4 Å². The SMILES string of the molecule is COc1ccc(CN(CCCCCN(Cc2ccccc2)S(=O)(=O)c2ccc([N+](=O)[O-])cc2)S(=O)(=O)c2ccc([N+](=O)[O-])cc2[N+](=O)[O-])cc1. The molecule has 0 saturated carbocycles. The second-order valence-electron chi connectivity index (χ2n) is 11.0. The number of nitro groups is 3. The number of benzene rings is 4. The van der Waals surface area contributed by atoms with Gasteiger partial charge in [-0.05, 0) is 54.3 Å². The summed E-state index contributed by atoms with van der Waals surface area (Å²) in [6, 6.07) is 22.3. The van der Waals surface area contributed by atoms with Crippen LogP contribution in [0, 0.1) is 30.3 Å². The van der Waals surface area contributed by atoms with Crippen molar-refractivity contribution in [2.24, 2.45) is 0 Å². The number of hydrogen-bond acceptors (Lipinski definition) is 11. The van der Waals surface area contributed by atoms with Crippen LogP contribution in [0.3, 0.4) is 0 Å². The zero-order valence-electron chi connectivity index (χ0n) is 26.7. The Hall–Kier alpha value is -5.30. The number of hydrogen-bond donors (Lipinski definition) is 0. The number of ether oxygens (including phenoxy) is 1. The van der Waals surface area contributed by atoms with Crippen LogP contribution in [0.25, 0.3) is 0 Å². The molecule has 0 aliphatic carbocycles. The van der Waals surface area contributed by atoms with Crippen LogP contribution in [0.4, 0.5) is 17.1 Å². The van der Waals surface area contributed by atoms with Crippen molar-refractivity contribution in [1.82, 2.24) is 8.61 Å².